The Balaban J connectivity index is 2.03. The number of thioether (sulfide) groups is 2. The summed E-state index contributed by atoms with van der Waals surface area (Å²) in [6.07, 6.45) is 1.30. The second-order valence-electron chi connectivity index (χ2n) is 5.76. The van der Waals surface area contributed by atoms with Crippen LogP contribution in [-0.2, 0) is 4.79 Å². The molecule has 0 aliphatic rings. The van der Waals surface area contributed by atoms with Gasteiger partial charge in [-0.25, -0.2) is 4.98 Å². The number of carboxylic acid groups (broad SMARTS) is 1. The Labute approximate surface area is 171 Å². The zero-order chi connectivity index (χ0) is 21.2. The molecule has 0 aliphatic carbocycles. The molecule has 0 fully saturated rings. The summed E-state index contributed by atoms with van der Waals surface area (Å²) in [6.45, 7) is 1.90. The minimum Gasteiger partial charge on any atom is -0.480 e. The molecular formula is C18H13F3N4O2S2. The molecule has 0 amide bonds. The number of benzene rings is 1. The van der Waals surface area contributed by atoms with Crippen LogP contribution in [0.25, 0.3) is 22.6 Å². The summed E-state index contributed by atoms with van der Waals surface area (Å²) in [5.74, 6) is -1.60. The van der Waals surface area contributed by atoms with Gasteiger partial charge in [-0.3, -0.25) is 9.78 Å². The first-order chi connectivity index (χ1) is 13.7. The molecule has 11 heteroatoms. The van der Waals surface area contributed by atoms with Crippen LogP contribution in [0.2, 0.25) is 0 Å². The minimum atomic E-state index is -4.39. The average Bonchev–Trinajstić information content (AvgIpc) is 3.04. The fourth-order valence-electron chi connectivity index (χ4n) is 2.63. The van der Waals surface area contributed by atoms with Crippen molar-refractivity contribution in [1.82, 2.24) is 15.0 Å². The highest BCUT2D eigenvalue weighted by atomic mass is 32.2. The molecule has 150 valence electrons. The van der Waals surface area contributed by atoms with Crippen LogP contribution in [0.15, 0.2) is 40.3 Å². The number of carbonyl (C=O) groups is 1. The number of rotatable bonds is 6. The fraction of sp³-hybridized carbons (Fsp3) is 0.222. The van der Waals surface area contributed by atoms with Crippen molar-refractivity contribution in [2.24, 2.45) is 0 Å². The topological polar surface area (TPSA) is 103 Å². The minimum absolute atomic E-state index is 0.0324. The van der Waals surface area contributed by atoms with Crippen LogP contribution in [-0.4, -0.2) is 37.3 Å². The number of fused-ring (bicyclic) bond motifs is 1. The van der Waals surface area contributed by atoms with Crippen molar-refractivity contribution in [1.29, 1.82) is 5.26 Å². The smallest absolute Gasteiger partial charge is 0.446 e. The molecule has 2 N–H and O–H groups in total. The first-order valence-corrected chi connectivity index (χ1v) is 10.0. The molecule has 0 radical (unpaired) electrons. The van der Waals surface area contributed by atoms with Gasteiger partial charge in [0.05, 0.1) is 17.1 Å². The molecule has 0 spiro atoms. The zero-order valence-electron chi connectivity index (χ0n) is 14.8. The molecule has 0 bridgehead atoms. The van der Waals surface area contributed by atoms with E-state index in [0.717, 1.165) is 0 Å². The molecule has 1 aromatic carbocycles. The van der Waals surface area contributed by atoms with Gasteiger partial charge in [-0.1, -0.05) is 6.92 Å². The van der Waals surface area contributed by atoms with Crippen LogP contribution in [0.3, 0.4) is 0 Å². The summed E-state index contributed by atoms with van der Waals surface area (Å²) in [6, 6.07) is 7.50. The van der Waals surface area contributed by atoms with Crippen LogP contribution in [0.5, 0.6) is 0 Å². The number of hydrogen-bond acceptors (Lipinski definition) is 6. The SMILES string of the molecule is CCSc1cc(C(C#N)C(=O)O)cnc1-c1nc2ccc(SC(F)(F)F)cc2[nH]1. The van der Waals surface area contributed by atoms with E-state index in [9.17, 15) is 23.1 Å². The predicted octanol–water partition coefficient (Wildman–Crippen LogP) is 5.04. The van der Waals surface area contributed by atoms with Crippen molar-refractivity contribution < 1.29 is 23.1 Å². The van der Waals surface area contributed by atoms with E-state index in [-0.39, 0.29) is 22.2 Å². The summed E-state index contributed by atoms with van der Waals surface area (Å²) < 4.78 is 37.8. The Bertz CT molecular complexity index is 1110. The maximum Gasteiger partial charge on any atom is 0.446 e. The van der Waals surface area contributed by atoms with Crippen LogP contribution >= 0.6 is 23.5 Å². The third kappa shape index (κ3) is 4.83. The van der Waals surface area contributed by atoms with Crippen molar-refractivity contribution in [2.45, 2.75) is 28.1 Å². The van der Waals surface area contributed by atoms with Gasteiger partial charge in [0.1, 0.15) is 5.69 Å². The van der Waals surface area contributed by atoms with E-state index in [1.807, 2.05) is 6.92 Å². The first kappa shape index (κ1) is 21.0. The number of halogens is 3. The Morgan fingerprint density at radius 1 is 1.38 bits per heavy atom. The zero-order valence-corrected chi connectivity index (χ0v) is 16.5. The molecule has 0 saturated heterocycles. The molecule has 0 aliphatic heterocycles. The average molecular weight is 438 g/mol. The number of hydrogen-bond donors (Lipinski definition) is 2. The van der Waals surface area contributed by atoms with Crippen LogP contribution in [0.4, 0.5) is 13.2 Å². The van der Waals surface area contributed by atoms with Gasteiger partial charge in [0.25, 0.3) is 0 Å². The number of aromatic amines is 1. The van der Waals surface area contributed by atoms with E-state index >= 15 is 0 Å². The third-order valence-electron chi connectivity index (χ3n) is 3.79. The van der Waals surface area contributed by atoms with E-state index in [0.29, 0.717) is 33.2 Å². The van der Waals surface area contributed by atoms with Gasteiger partial charge in [-0.2, -0.15) is 18.4 Å². The van der Waals surface area contributed by atoms with Gasteiger partial charge in [0, 0.05) is 16.0 Å². The lowest BCUT2D eigenvalue weighted by molar-refractivity contribution is -0.137. The van der Waals surface area contributed by atoms with E-state index in [1.54, 1.807) is 12.1 Å². The molecular weight excluding hydrogens is 425 g/mol. The van der Waals surface area contributed by atoms with Crippen molar-refractivity contribution in [3.63, 3.8) is 0 Å². The lowest BCUT2D eigenvalue weighted by Gasteiger charge is -2.09. The number of alkyl halides is 3. The third-order valence-corrected chi connectivity index (χ3v) is 5.43. The van der Waals surface area contributed by atoms with Gasteiger partial charge in [-0.05, 0) is 47.3 Å². The maximum atomic E-state index is 12.6. The number of imidazole rings is 1. The van der Waals surface area contributed by atoms with Crippen molar-refractivity contribution in [2.75, 3.05) is 5.75 Å². The van der Waals surface area contributed by atoms with Gasteiger partial charge >= 0.3 is 11.5 Å². The summed E-state index contributed by atoms with van der Waals surface area (Å²) in [5.41, 5.74) is -2.80. The number of aliphatic carboxylic acids is 1. The van der Waals surface area contributed by atoms with Crippen LogP contribution in [0.1, 0.15) is 18.4 Å². The number of nitriles is 1. The second-order valence-corrected chi connectivity index (χ2v) is 8.21. The summed E-state index contributed by atoms with van der Waals surface area (Å²) >= 11 is 1.18. The molecule has 1 atom stereocenters. The van der Waals surface area contributed by atoms with E-state index < -0.39 is 17.4 Å². The summed E-state index contributed by atoms with van der Waals surface area (Å²) in [7, 11) is 0. The predicted molar refractivity (Wildman–Crippen MR) is 104 cm³/mol. The standard InChI is InChI=1S/C18H13F3N4O2S2/c1-2-28-14-5-9(11(7-22)17(26)27)8-23-15(14)16-24-12-4-3-10(6-13(12)25-16)29-18(19,20)21/h3-6,8,11H,2H2,1H3,(H,24,25)(H,26,27). The fourth-order valence-corrected chi connectivity index (χ4v) is 4.03. The Hall–Kier alpha value is -2.71. The van der Waals surface area contributed by atoms with Crippen molar-refractivity contribution in [3.05, 3.63) is 36.0 Å². The molecule has 1 unspecified atom stereocenters. The highest BCUT2D eigenvalue weighted by molar-refractivity contribution is 8.00. The number of pyridine rings is 1. The van der Waals surface area contributed by atoms with Crippen LogP contribution in [0, 0.1) is 11.3 Å². The Morgan fingerprint density at radius 2 is 2.14 bits per heavy atom. The van der Waals surface area contributed by atoms with E-state index in [1.165, 1.54) is 36.2 Å². The number of nitrogens with zero attached hydrogens (tertiary/aromatic N) is 3. The molecule has 3 aromatic rings. The Morgan fingerprint density at radius 3 is 2.76 bits per heavy atom. The molecule has 6 nitrogen and oxygen atoms in total. The lowest BCUT2D eigenvalue weighted by atomic mass is 10.0. The molecule has 29 heavy (non-hydrogen) atoms. The van der Waals surface area contributed by atoms with E-state index in [2.05, 4.69) is 15.0 Å². The highest BCUT2D eigenvalue weighted by Crippen LogP contribution is 2.38. The maximum absolute atomic E-state index is 12.6. The number of aromatic nitrogens is 3. The summed E-state index contributed by atoms with van der Waals surface area (Å²) in [4.78, 5) is 23.5. The monoisotopic (exact) mass is 438 g/mol. The number of H-pyrrole nitrogens is 1. The number of carboxylic acids is 1. The largest absolute Gasteiger partial charge is 0.480 e. The van der Waals surface area contributed by atoms with Crippen molar-refractivity contribution >= 4 is 40.5 Å². The molecule has 2 aromatic heterocycles. The van der Waals surface area contributed by atoms with Gasteiger partial charge < -0.3 is 10.1 Å². The molecule has 3 rings (SSSR count). The van der Waals surface area contributed by atoms with Gasteiger partial charge in [0.15, 0.2) is 11.7 Å². The van der Waals surface area contributed by atoms with Crippen molar-refractivity contribution in [3.8, 4) is 17.6 Å². The highest BCUT2D eigenvalue weighted by Gasteiger charge is 2.29. The van der Waals surface area contributed by atoms with E-state index in [4.69, 9.17) is 5.26 Å². The first-order valence-electron chi connectivity index (χ1n) is 8.23. The molecule has 2 heterocycles. The number of nitrogens with one attached hydrogen (secondary N) is 1. The lowest BCUT2D eigenvalue weighted by Crippen LogP contribution is -2.10. The van der Waals surface area contributed by atoms with Gasteiger partial charge in [0.2, 0.25) is 0 Å². The molecule has 0 saturated carbocycles. The summed E-state index contributed by atoms with van der Waals surface area (Å²) in [5, 5.41) is 18.3. The Kier molecular flexibility index (Phi) is 6.04. The van der Waals surface area contributed by atoms with Gasteiger partial charge in [-0.15, -0.1) is 11.8 Å². The van der Waals surface area contributed by atoms with Crippen LogP contribution < -0.4 is 0 Å². The quantitative estimate of drug-likeness (QED) is 0.520. The second kappa shape index (κ2) is 8.34. The normalized spacial score (nSPS) is 12.7.